The van der Waals surface area contributed by atoms with Crippen LogP contribution in [0.1, 0.15) is 50.5 Å². The minimum atomic E-state index is 0. The summed E-state index contributed by atoms with van der Waals surface area (Å²) in [5.41, 5.74) is 7.21. The number of aryl methyl sites for hydroxylation is 1. The van der Waals surface area contributed by atoms with Crippen LogP contribution in [0.5, 0.6) is 0 Å². The van der Waals surface area contributed by atoms with Crippen LogP contribution >= 0.6 is 35.3 Å². The maximum atomic E-state index is 5.92. The van der Waals surface area contributed by atoms with Gasteiger partial charge in [-0.15, -0.1) is 35.3 Å². The molecule has 116 valence electrons. The van der Waals surface area contributed by atoms with Crippen molar-refractivity contribution in [3.63, 3.8) is 0 Å². The predicted octanol–water partition coefficient (Wildman–Crippen LogP) is 4.29. The van der Waals surface area contributed by atoms with Crippen molar-refractivity contribution < 1.29 is 0 Å². The standard InChI is InChI=1S/C15H27N3S.HI/c1-11(2)6-5-7-13(4)18-15(16)17-10-14-12(3)8-9-19-14;/h8-9,11,13H,5-7,10H2,1-4H3,(H3,16,17,18);1H. The Hall–Kier alpha value is -0.300. The molecule has 20 heavy (non-hydrogen) atoms. The van der Waals surface area contributed by atoms with Crippen molar-refractivity contribution in [1.82, 2.24) is 5.32 Å². The largest absolute Gasteiger partial charge is 0.370 e. The van der Waals surface area contributed by atoms with Gasteiger partial charge in [0.25, 0.3) is 0 Å². The lowest BCUT2D eigenvalue weighted by Crippen LogP contribution is -2.38. The van der Waals surface area contributed by atoms with Crippen LogP contribution in [0, 0.1) is 12.8 Å². The summed E-state index contributed by atoms with van der Waals surface area (Å²) < 4.78 is 0. The number of hydrogen-bond donors (Lipinski definition) is 2. The van der Waals surface area contributed by atoms with E-state index >= 15 is 0 Å². The zero-order valence-electron chi connectivity index (χ0n) is 13.0. The summed E-state index contributed by atoms with van der Waals surface area (Å²) in [6.45, 7) is 9.48. The summed E-state index contributed by atoms with van der Waals surface area (Å²) in [5.74, 6) is 1.34. The van der Waals surface area contributed by atoms with Gasteiger partial charge < -0.3 is 11.1 Å². The molecule has 1 aromatic rings. The number of aliphatic imine (C=N–C) groups is 1. The Morgan fingerprint density at radius 2 is 2.05 bits per heavy atom. The van der Waals surface area contributed by atoms with Crippen molar-refractivity contribution in [1.29, 1.82) is 0 Å². The molecule has 0 amide bonds. The second kappa shape index (κ2) is 10.4. The average Bonchev–Trinajstić information content (AvgIpc) is 2.71. The first-order valence-corrected chi connectivity index (χ1v) is 7.96. The van der Waals surface area contributed by atoms with Crippen molar-refractivity contribution in [2.24, 2.45) is 16.6 Å². The van der Waals surface area contributed by atoms with Gasteiger partial charge in [0.1, 0.15) is 0 Å². The van der Waals surface area contributed by atoms with Gasteiger partial charge in [0, 0.05) is 10.9 Å². The highest BCUT2D eigenvalue weighted by atomic mass is 127. The monoisotopic (exact) mass is 409 g/mol. The van der Waals surface area contributed by atoms with Gasteiger partial charge in [0.2, 0.25) is 0 Å². The quantitative estimate of drug-likeness (QED) is 0.401. The van der Waals surface area contributed by atoms with Crippen LogP contribution in [0.2, 0.25) is 0 Å². The van der Waals surface area contributed by atoms with Gasteiger partial charge in [-0.25, -0.2) is 4.99 Å². The smallest absolute Gasteiger partial charge is 0.189 e. The third-order valence-corrected chi connectivity index (χ3v) is 4.18. The highest BCUT2D eigenvalue weighted by Crippen LogP contribution is 2.16. The molecule has 1 atom stereocenters. The summed E-state index contributed by atoms with van der Waals surface area (Å²) in [4.78, 5) is 5.69. The molecule has 0 saturated carbocycles. The lowest BCUT2D eigenvalue weighted by Gasteiger charge is -2.15. The van der Waals surface area contributed by atoms with Crippen LogP contribution in [-0.4, -0.2) is 12.0 Å². The molecule has 5 heteroatoms. The molecular weight excluding hydrogens is 381 g/mol. The van der Waals surface area contributed by atoms with Crippen molar-refractivity contribution in [2.75, 3.05) is 0 Å². The van der Waals surface area contributed by atoms with Gasteiger partial charge >= 0.3 is 0 Å². The second-order valence-corrected chi connectivity index (χ2v) is 6.60. The van der Waals surface area contributed by atoms with Gasteiger partial charge in [-0.3, -0.25) is 0 Å². The summed E-state index contributed by atoms with van der Waals surface area (Å²) in [6, 6.07) is 2.51. The highest BCUT2D eigenvalue weighted by Gasteiger charge is 2.04. The zero-order valence-corrected chi connectivity index (χ0v) is 16.1. The fourth-order valence-corrected chi connectivity index (χ4v) is 2.76. The second-order valence-electron chi connectivity index (χ2n) is 5.60. The molecule has 1 unspecified atom stereocenters. The van der Waals surface area contributed by atoms with E-state index in [0.29, 0.717) is 18.5 Å². The molecule has 3 nitrogen and oxygen atoms in total. The van der Waals surface area contributed by atoms with Crippen LogP contribution in [-0.2, 0) is 6.54 Å². The Morgan fingerprint density at radius 1 is 1.35 bits per heavy atom. The fraction of sp³-hybridized carbons (Fsp3) is 0.667. The van der Waals surface area contributed by atoms with E-state index < -0.39 is 0 Å². The van der Waals surface area contributed by atoms with E-state index in [1.54, 1.807) is 11.3 Å². The molecule has 1 heterocycles. The fourth-order valence-electron chi connectivity index (χ4n) is 1.93. The molecule has 1 aromatic heterocycles. The SMILES string of the molecule is Cc1ccsc1CN=C(N)NC(C)CCCC(C)C.I. The molecule has 0 aliphatic carbocycles. The maximum absolute atomic E-state index is 5.92. The Labute approximate surface area is 144 Å². The first-order valence-electron chi connectivity index (χ1n) is 7.08. The van der Waals surface area contributed by atoms with Crippen molar-refractivity contribution in [2.45, 2.75) is 59.5 Å². The Bertz CT molecular complexity index is 402. The molecule has 0 aliphatic heterocycles. The van der Waals surface area contributed by atoms with Gasteiger partial charge in [0.05, 0.1) is 6.54 Å². The summed E-state index contributed by atoms with van der Waals surface area (Å²) in [5, 5.41) is 5.36. The number of nitrogens with zero attached hydrogens (tertiary/aromatic N) is 1. The summed E-state index contributed by atoms with van der Waals surface area (Å²) >= 11 is 1.74. The molecule has 0 aromatic carbocycles. The number of nitrogens with two attached hydrogens (primary N) is 1. The van der Waals surface area contributed by atoms with E-state index in [2.05, 4.69) is 49.5 Å². The van der Waals surface area contributed by atoms with E-state index in [1.165, 1.54) is 23.3 Å². The Morgan fingerprint density at radius 3 is 2.60 bits per heavy atom. The normalized spacial score (nSPS) is 13.2. The van der Waals surface area contributed by atoms with Crippen LogP contribution in [0.15, 0.2) is 16.4 Å². The summed E-state index contributed by atoms with van der Waals surface area (Å²) in [7, 11) is 0. The number of rotatable bonds is 7. The third kappa shape index (κ3) is 8.09. The lowest BCUT2D eigenvalue weighted by molar-refractivity contribution is 0.493. The molecule has 3 N–H and O–H groups in total. The molecule has 0 bridgehead atoms. The van der Waals surface area contributed by atoms with Crippen LogP contribution in [0.4, 0.5) is 0 Å². The number of thiophene rings is 1. The first-order chi connectivity index (χ1) is 8.99. The van der Waals surface area contributed by atoms with E-state index in [4.69, 9.17) is 5.73 Å². The predicted molar refractivity (Wildman–Crippen MR) is 101 cm³/mol. The van der Waals surface area contributed by atoms with Crippen LogP contribution in [0.25, 0.3) is 0 Å². The van der Waals surface area contributed by atoms with Crippen LogP contribution in [0.3, 0.4) is 0 Å². The lowest BCUT2D eigenvalue weighted by atomic mass is 10.0. The third-order valence-electron chi connectivity index (χ3n) is 3.17. The van der Waals surface area contributed by atoms with Gasteiger partial charge in [-0.05, 0) is 43.2 Å². The molecule has 1 rings (SSSR count). The number of halogens is 1. The molecule has 0 aliphatic rings. The van der Waals surface area contributed by atoms with E-state index in [-0.39, 0.29) is 24.0 Å². The topological polar surface area (TPSA) is 50.4 Å². The Kier molecular flexibility index (Phi) is 10.3. The molecule has 0 radical (unpaired) electrons. The van der Waals surface area contributed by atoms with E-state index in [9.17, 15) is 0 Å². The van der Waals surface area contributed by atoms with Gasteiger partial charge in [-0.2, -0.15) is 0 Å². The van der Waals surface area contributed by atoms with Gasteiger partial charge in [0.15, 0.2) is 5.96 Å². The molecule has 0 fully saturated rings. The van der Waals surface area contributed by atoms with Crippen LogP contribution < -0.4 is 11.1 Å². The molecule has 0 spiro atoms. The number of hydrogen-bond acceptors (Lipinski definition) is 2. The van der Waals surface area contributed by atoms with Gasteiger partial charge in [-0.1, -0.05) is 26.7 Å². The number of nitrogens with one attached hydrogen (secondary N) is 1. The maximum Gasteiger partial charge on any atom is 0.189 e. The minimum absolute atomic E-state index is 0. The van der Waals surface area contributed by atoms with Crippen molar-refractivity contribution >= 4 is 41.3 Å². The average molecular weight is 409 g/mol. The first kappa shape index (κ1) is 19.7. The minimum Gasteiger partial charge on any atom is -0.370 e. The zero-order chi connectivity index (χ0) is 14.3. The van der Waals surface area contributed by atoms with Crippen molar-refractivity contribution in [3.8, 4) is 0 Å². The molecule has 0 saturated heterocycles. The molecular formula is C15H28IN3S. The van der Waals surface area contributed by atoms with E-state index in [0.717, 1.165) is 12.3 Å². The highest BCUT2D eigenvalue weighted by molar-refractivity contribution is 14.0. The van der Waals surface area contributed by atoms with Crippen molar-refractivity contribution in [3.05, 3.63) is 21.9 Å². The Balaban J connectivity index is 0.00000361. The summed E-state index contributed by atoms with van der Waals surface area (Å²) in [6.07, 6.45) is 3.66. The van der Waals surface area contributed by atoms with E-state index in [1.807, 2.05) is 0 Å². The number of guanidine groups is 1.